The summed E-state index contributed by atoms with van der Waals surface area (Å²) in [6.07, 6.45) is 1.81. The molecule has 1 N–H and O–H groups in total. The Kier molecular flexibility index (Phi) is 8.84. The second-order valence-corrected chi connectivity index (χ2v) is 7.55. The number of amides is 2. The molecule has 0 fully saturated rings. The van der Waals surface area contributed by atoms with Gasteiger partial charge < -0.3 is 15.0 Å². The molecule has 2 aromatic carbocycles. The van der Waals surface area contributed by atoms with E-state index in [0.717, 1.165) is 24.0 Å². The van der Waals surface area contributed by atoms with Crippen molar-refractivity contribution >= 4 is 11.8 Å². The third kappa shape index (κ3) is 6.87. The van der Waals surface area contributed by atoms with Gasteiger partial charge in [0, 0.05) is 18.7 Å². The van der Waals surface area contributed by atoms with Crippen LogP contribution in [0.15, 0.2) is 42.5 Å². The van der Waals surface area contributed by atoms with Crippen molar-refractivity contribution in [3.63, 3.8) is 0 Å². The lowest BCUT2D eigenvalue weighted by atomic mass is 10.1. The largest absolute Gasteiger partial charge is 0.484 e. The van der Waals surface area contributed by atoms with Crippen LogP contribution < -0.4 is 10.1 Å². The second kappa shape index (κ2) is 11.3. The summed E-state index contributed by atoms with van der Waals surface area (Å²) in [7, 11) is 0. The number of unbranched alkanes of at least 4 members (excludes halogenated alkanes) is 1. The van der Waals surface area contributed by atoms with Crippen LogP contribution in [0.4, 0.5) is 4.39 Å². The first-order chi connectivity index (χ1) is 14.3. The van der Waals surface area contributed by atoms with Gasteiger partial charge in [-0.15, -0.1) is 0 Å². The summed E-state index contributed by atoms with van der Waals surface area (Å²) in [6, 6.07) is 11.2. The first-order valence-electron chi connectivity index (χ1n) is 10.3. The molecule has 0 aliphatic carbocycles. The Balaban J connectivity index is 2.15. The van der Waals surface area contributed by atoms with Crippen molar-refractivity contribution in [3.8, 4) is 5.75 Å². The Morgan fingerprint density at radius 2 is 1.80 bits per heavy atom. The van der Waals surface area contributed by atoms with E-state index in [1.54, 1.807) is 25.1 Å². The number of ether oxygens (including phenoxy) is 1. The summed E-state index contributed by atoms with van der Waals surface area (Å²) >= 11 is 0. The molecule has 30 heavy (non-hydrogen) atoms. The number of nitrogens with zero attached hydrogens (tertiary/aromatic N) is 1. The molecule has 2 aromatic rings. The molecular weight excluding hydrogens is 383 g/mol. The number of carbonyl (C=O) groups is 2. The third-order valence-corrected chi connectivity index (χ3v) is 4.85. The van der Waals surface area contributed by atoms with Gasteiger partial charge in [0.1, 0.15) is 17.6 Å². The number of halogens is 1. The van der Waals surface area contributed by atoms with Gasteiger partial charge in [-0.2, -0.15) is 0 Å². The number of carbonyl (C=O) groups excluding carboxylic acids is 2. The predicted octanol–water partition coefficient (Wildman–Crippen LogP) is 4.15. The Bertz CT molecular complexity index is 849. The van der Waals surface area contributed by atoms with Crippen molar-refractivity contribution in [2.45, 2.75) is 53.1 Å². The van der Waals surface area contributed by atoms with E-state index in [9.17, 15) is 14.0 Å². The van der Waals surface area contributed by atoms with Crippen LogP contribution in [-0.4, -0.2) is 35.9 Å². The molecule has 2 amide bonds. The van der Waals surface area contributed by atoms with Crippen molar-refractivity contribution < 1.29 is 18.7 Å². The average molecular weight is 415 g/mol. The van der Waals surface area contributed by atoms with E-state index >= 15 is 0 Å². The van der Waals surface area contributed by atoms with Crippen molar-refractivity contribution in [1.82, 2.24) is 10.2 Å². The smallest absolute Gasteiger partial charge is 0.261 e. The number of hydrogen-bond donors (Lipinski definition) is 1. The summed E-state index contributed by atoms with van der Waals surface area (Å²) in [5, 5.41) is 2.84. The molecule has 0 heterocycles. The lowest BCUT2D eigenvalue weighted by Gasteiger charge is -2.29. The summed E-state index contributed by atoms with van der Waals surface area (Å²) in [5.74, 6) is -0.467. The molecule has 1 atom stereocenters. The number of aryl methyl sites for hydroxylation is 2. The number of hydrogen-bond acceptors (Lipinski definition) is 3. The molecule has 0 aliphatic heterocycles. The van der Waals surface area contributed by atoms with Crippen molar-refractivity contribution in [2.24, 2.45) is 0 Å². The minimum absolute atomic E-state index is 0.00984. The molecule has 0 bridgehead atoms. The van der Waals surface area contributed by atoms with E-state index in [-0.39, 0.29) is 25.0 Å². The van der Waals surface area contributed by atoms with Crippen LogP contribution >= 0.6 is 0 Å². The zero-order valence-corrected chi connectivity index (χ0v) is 18.2. The molecule has 5 nitrogen and oxygen atoms in total. The lowest BCUT2D eigenvalue weighted by Crippen LogP contribution is -2.49. The van der Waals surface area contributed by atoms with Gasteiger partial charge in [0.05, 0.1) is 0 Å². The van der Waals surface area contributed by atoms with Gasteiger partial charge in [-0.3, -0.25) is 9.59 Å². The fourth-order valence-corrected chi connectivity index (χ4v) is 3.17. The van der Waals surface area contributed by atoms with Crippen molar-refractivity contribution in [1.29, 1.82) is 0 Å². The fraction of sp³-hybridized carbons (Fsp3) is 0.417. The van der Waals surface area contributed by atoms with E-state index in [1.807, 2.05) is 39.0 Å². The molecule has 6 heteroatoms. The van der Waals surface area contributed by atoms with Crippen molar-refractivity contribution in [2.75, 3.05) is 13.2 Å². The number of nitrogens with one attached hydrogen (secondary N) is 1. The number of benzene rings is 2. The highest BCUT2D eigenvalue weighted by molar-refractivity contribution is 5.87. The van der Waals surface area contributed by atoms with Crippen molar-refractivity contribution in [3.05, 3.63) is 65.0 Å². The molecule has 0 spiro atoms. The van der Waals surface area contributed by atoms with Gasteiger partial charge in [0.25, 0.3) is 5.91 Å². The van der Waals surface area contributed by atoms with E-state index < -0.39 is 11.9 Å². The van der Waals surface area contributed by atoms with Gasteiger partial charge in [-0.05, 0) is 56.5 Å². The maximum absolute atomic E-state index is 14.2. The monoisotopic (exact) mass is 414 g/mol. The minimum Gasteiger partial charge on any atom is -0.484 e. The Morgan fingerprint density at radius 3 is 2.43 bits per heavy atom. The van der Waals surface area contributed by atoms with Crippen LogP contribution in [0.5, 0.6) is 5.75 Å². The molecule has 0 aliphatic rings. The molecule has 2 rings (SSSR count). The summed E-state index contributed by atoms with van der Waals surface area (Å²) in [6.45, 7) is 7.89. The number of rotatable bonds is 10. The van der Waals surface area contributed by atoms with E-state index in [1.165, 1.54) is 11.0 Å². The normalized spacial score (nSPS) is 11.6. The first kappa shape index (κ1) is 23.4. The Labute approximate surface area is 178 Å². The van der Waals surface area contributed by atoms with Gasteiger partial charge >= 0.3 is 0 Å². The molecule has 0 aromatic heterocycles. The predicted molar refractivity (Wildman–Crippen MR) is 116 cm³/mol. The molecular formula is C24H31FN2O3. The van der Waals surface area contributed by atoms with Crippen LogP contribution in [0.3, 0.4) is 0 Å². The van der Waals surface area contributed by atoms with Gasteiger partial charge in [0.2, 0.25) is 5.91 Å². The van der Waals surface area contributed by atoms with Crippen LogP contribution in [0, 0.1) is 19.7 Å². The van der Waals surface area contributed by atoms with E-state index in [2.05, 4.69) is 5.32 Å². The van der Waals surface area contributed by atoms with Crippen LogP contribution in [-0.2, 0) is 16.1 Å². The van der Waals surface area contributed by atoms with Crippen LogP contribution in [0.1, 0.15) is 43.4 Å². The zero-order valence-electron chi connectivity index (χ0n) is 18.2. The Hall–Kier alpha value is -2.89. The van der Waals surface area contributed by atoms with E-state index in [4.69, 9.17) is 4.74 Å². The summed E-state index contributed by atoms with van der Waals surface area (Å²) < 4.78 is 19.9. The van der Waals surface area contributed by atoms with Crippen LogP contribution in [0.25, 0.3) is 0 Å². The van der Waals surface area contributed by atoms with Gasteiger partial charge in [0.15, 0.2) is 6.61 Å². The molecule has 0 radical (unpaired) electrons. The first-order valence-corrected chi connectivity index (χ1v) is 10.3. The zero-order chi connectivity index (χ0) is 22.1. The molecule has 0 saturated carbocycles. The highest BCUT2D eigenvalue weighted by Crippen LogP contribution is 2.17. The maximum Gasteiger partial charge on any atom is 0.261 e. The molecule has 0 saturated heterocycles. The average Bonchev–Trinajstić information content (AvgIpc) is 2.70. The van der Waals surface area contributed by atoms with Gasteiger partial charge in [-0.1, -0.05) is 37.6 Å². The summed E-state index contributed by atoms with van der Waals surface area (Å²) in [4.78, 5) is 26.9. The third-order valence-electron chi connectivity index (χ3n) is 4.85. The van der Waals surface area contributed by atoms with E-state index in [0.29, 0.717) is 17.9 Å². The molecule has 0 unspecified atom stereocenters. The lowest BCUT2D eigenvalue weighted by molar-refractivity contribution is -0.142. The second-order valence-electron chi connectivity index (χ2n) is 7.55. The Morgan fingerprint density at radius 1 is 1.13 bits per heavy atom. The standard InChI is InChI=1S/C24H31FN2O3/c1-5-6-11-26-24(29)19(4)27(15-20-9-7-8-10-22(20)25)23(28)16-30-21-13-17(2)12-18(3)14-21/h7-10,12-14,19H,5-6,11,15-16H2,1-4H3,(H,26,29)/t19-/m0/s1. The highest BCUT2D eigenvalue weighted by atomic mass is 19.1. The molecule has 162 valence electrons. The summed E-state index contributed by atoms with van der Waals surface area (Å²) in [5.41, 5.74) is 2.42. The van der Waals surface area contributed by atoms with Crippen LogP contribution in [0.2, 0.25) is 0 Å². The quantitative estimate of drug-likeness (QED) is 0.594. The maximum atomic E-state index is 14.2. The topological polar surface area (TPSA) is 58.6 Å². The fourth-order valence-electron chi connectivity index (χ4n) is 3.17. The highest BCUT2D eigenvalue weighted by Gasteiger charge is 2.27. The minimum atomic E-state index is -0.753. The van der Waals surface area contributed by atoms with Gasteiger partial charge in [-0.25, -0.2) is 4.39 Å². The SMILES string of the molecule is CCCCNC(=O)[C@H](C)N(Cc1ccccc1F)C(=O)COc1cc(C)cc(C)c1.